The van der Waals surface area contributed by atoms with Crippen molar-refractivity contribution < 1.29 is 39.4 Å². The highest BCUT2D eigenvalue weighted by atomic mass is 16.7. The molecule has 0 spiro atoms. The van der Waals surface area contributed by atoms with Crippen LogP contribution >= 0.6 is 0 Å². The van der Waals surface area contributed by atoms with Crippen molar-refractivity contribution in [2.24, 2.45) is 5.92 Å². The number of hydrogen-bond acceptors (Lipinski definition) is 8. The third-order valence-corrected chi connectivity index (χ3v) is 8.78. The Hall–Kier alpha value is -5.24. The van der Waals surface area contributed by atoms with Gasteiger partial charge in [-0.3, -0.25) is 0 Å². The monoisotopic (exact) mass is 562 g/mol. The van der Waals surface area contributed by atoms with Crippen LogP contribution in [0.4, 0.5) is 0 Å². The van der Waals surface area contributed by atoms with Gasteiger partial charge in [0.2, 0.25) is 0 Å². The Labute approximate surface area is 239 Å². The van der Waals surface area contributed by atoms with Crippen molar-refractivity contribution in [1.82, 2.24) is 0 Å². The molecule has 5 aromatic rings. The van der Waals surface area contributed by atoms with Gasteiger partial charge in [0.05, 0.1) is 11.5 Å². The van der Waals surface area contributed by atoms with Crippen LogP contribution in [0, 0.1) is 5.92 Å². The van der Waals surface area contributed by atoms with E-state index in [1.165, 1.54) is 18.2 Å². The van der Waals surface area contributed by atoms with Crippen LogP contribution in [0.25, 0.3) is 22.3 Å². The second-order valence-electron chi connectivity index (χ2n) is 11.4. The van der Waals surface area contributed by atoms with Crippen LogP contribution in [-0.4, -0.2) is 25.5 Å². The number of benzene rings is 4. The minimum absolute atomic E-state index is 0.0283. The average molecular weight is 563 g/mol. The zero-order valence-corrected chi connectivity index (χ0v) is 22.4. The summed E-state index contributed by atoms with van der Waals surface area (Å²) in [6.45, 7) is 2.05. The Kier molecular flexibility index (Phi) is 4.90. The van der Waals surface area contributed by atoms with Gasteiger partial charge in [0, 0.05) is 46.5 Å². The molecule has 3 heterocycles. The van der Waals surface area contributed by atoms with Crippen molar-refractivity contribution >= 4 is 11.0 Å². The van der Waals surface area contributed by atoms with E-state index in [0.717, 1.165) is 16.5 Å². The van der Waals surface area contributed by atoms with Gasteiger partial charge in [-0.15, -0.1) is 0 Å². The minimum atomic E-state index is -1.57. The van der Waals surface area contributed by atoms with E-state index in [0.29, 0.717) is 46.0 Å². The predicted molar refractivity (Wildman–Crippen MR) is 153 cm³/mol. The maximum Gasteiger partial charge on any atom is 0.285 e. The van der Waals surface area contributed by atoms with Crippen LogP contribution in [0.2, 0.25) is 0 Å². The van der Waals surface area contributed by atoms with Crippen molar-refractivity contribution in [3.05, 3.63) is 101 Å². The highest BCUT2D eigenvalue weighted by molar-refractivity contribution is 5.84. The van der Waals surface area contributed by atoms with E-state index in [1.807, 2.05) is 12.1 Å². The van der Waals surface area contributed by atoms with Gasteiger partial charge in [-0.05, 0) is 67.4 Å². The Balaban J connectivity index is 1.38. The Bertz CT molecular complexity index is 1970. The molecule has 8 rings (SSSR count). The predicted octanol–water partition coefficient (Wildman–Crippen LogP) is 7.10. The molecule has 8 heteroatoms. The number of phenols is 5. The summed E-state index contributed by atoms with van der Waals surface area (Å²) < 4.78 is 19.5. The number of rotatable bonds is 2. The van der Waals surface area contributed by atoms with E-state index in [4.69, 9.17) is 13.9 Å². The molecule has 0 radical (unpaired) electrons. The van der Waals surface area contributed by atoms with Gasteiger partial charge < -0.3 is 39.4 Å². The molecule has 8 nitrogen and oxygen atoms in total. The minimum Gasteiger partial charge on any atom is -0.508 e. The molecule has 0 fully saturated rings. The van der Waals surface area contributed by atoms with E-state index >= 15 is 0 Å². The van der Waals surface area contributed by atoms with Crippen molar-refractivity contribution in [3.8, 4) is 51.6 Å². The van der Waals surface area contributed by atoms with E-state index in [2.05, 4.69) is 13.0 Å². The largest absolute Gasteiger partial charge is 0.508 e. The first-order valence-electron chi connectivity index (χ1n) is 13.7. The lowest BCUT2D eigenvalue weighted by molar-refractivity contribution is -0.198. The first kappa shape index (κ1) is 24.5. The molecule has 0 saturated heterocycles. The van der Waals surface area contributed by atoms with E-state index in [1.54, 1.807) is 42.5 Å². The number of ether oxygens (including phenoxy) is 2. The molecule has 4 aromatic carbocycles. The molecule has 42 heavy (non-hydrogen) atoms. The molecule has 3 aliphatic rings. The lowest BCUT2D eigenvalue weighted by atomic mass is 9.61. The van der Waals surface area contributed by atoms with Crippen LogP contribution in [0.3, 0.4) is 0 Å². The Morgan fingerprint density at radius 2 is 1.48 bits per heavy atom. The quantitative estimate of drug-likeness (QED) is 0.144. The molecule has 0 bridgehead atoms. The summed E-state index contributed by atoms with van der Waals surface area (Å²) in [6.07, 6.45) is 2.80. The lowest BCUT2D eigenvalue weighted by Gasteiger charge is -2.55. The van der Waals surface area contributed by atoms with Gasteiger partial charge in [0.15, 0.2) is 0 Å². The number of hydrogen-bond donors (Lipinski definition) is 5. The average Bonchev–Trinajstić information content (AvgIpc) is 3.35. The summed E-state index contributed by atoms with van der Waals surface area (Å²) in [5.74, 6) is -1.40. The van der Waals surface area contributed by atoms with Gasteiger partial charge >= 0.3 is 0 Å². The summed E-state index contributed by atoms with van der Waals surface area (Å²) >= 11 is 0. The fourth-order valence-corrected chi connectivity index (χ4v) is 7.11. The van der Waals surface area contributed by atoms with Crippen LogP contribution in [0.15, 0.2) is 88.9 Å². The van der Waals surface area contributed by atoms with Gasteiger partial charge in [0.1, 0.15) is 51.6 Å². The lowest BCUT2D eigenvalue weighted by Crippen LogP contribution is -2.56. The number of allylic oxidation sites excluding steroid dienone is 2. The van der Waals surface area contributed by atoms with Gasteiger partial charge in [0.25, 0.3) is 5.79 Å². The summed E-state index contributed by atoms with van der Waals surface area (Å²) in [5, 5.41) is 53.9. The van der Waals surface area contributed by atoms with Crippen molar-refractivity contribution in [3.63, 3.8) is 0 Å². The topological polar surface area (TPSA) is 133 Å². The van der Waals surface area contributed by atoms with Gasteiger partial charge in [-0.2, -0.15) is 0 Å². The fraction of sp³-hybridized carbons (Fsp3) is 0.176. The molecule has 0 saturated carbocycles. The van der Waals surface area contributed by atoms with Crippen molar-refractivity contribution in [1.29, 1.82) is 0 Å². The third-order valence-electron chi connectivity index (χ3n) is 8.78. The molecule has 2 unspecified atom stereocenters. The first-order valence-corrected chi connectivity index (χ1v) is 13.7. The number of phenolic OH excluding ortho intramolecular Hbond substituents is 5. The fourth-order valence-electron chi connectivity index (χ4n) is 7.11. The highest BCUT2D eigenvalue weighted by Crippen LogP contribution is 2.65. The summed E-state index contributed by atoms with van der Waals surface area (Å²) in [7, 11) is 0. The SMILES string of the molecule is CC1=CC2c3c(O)cc(-c4cc5ccc(O)cc5o4)cc3O[C@]3(c4ccc(O)cc4O)Oc4cc(O)ccc4C(C1)[C@H]23. The van der Waals surface area contributed by atoms with E-state index in [9.17, 15) is 25.5 Å². The molecule has 1 aromatic heterocycles. The first-order chi connectivity index (χ1) is 20.2. The number of furan rings is 1. The Morgan fingerprint density at radius 1 is 0.738 bits per heavy atom. The van der Waals surface area contributed by atoms with E-state index < -0.39 is 11.7 Å². The standard InChI is InChI=1S/C34H26O8/c1-16-8-23-22-6-4-21(37)15-30(22)41-34(25-7-5-19(35)13-26(25)38)33(23)24(9-16)32-27(39)10-18(12-31(32)42-34)28-11-17-2-3-20(36)14-29(17)40-28/h2-7,9-15,23-24,33,35-39H,8H2,1H3/t23?,24?,33-,34+/m1/s1. The molecule has 210 valence electrons. The second-order valence-corrected chi connectivity index (χ2v) is 11.4. The normalized spacial score (nSPS) is 23.6. The van der Waals surface area contributed by atoms with Crippen LogP contribution < -0.4 is 9.47 Å². The van der Waals surface area contributed by atoms with Crippen molar-refractivity contribution in [2.75, 3.05) is 0 Å². The van der Waals surface area contributed by atoms with Crippen LogP contribution in [0.5, 0.6) is 40.2 Å². The Morgan fingerprint density at radius 3 is 2.31 bits per heavy atom. The second kappa shape index (κ2) is 8.39. The van der Waals surface area contributed by atoms with Crippen LogP contribution in [-0.2, 0) is 5.79 Å². The summed E-state index contributed by atoms with van der Waals surface area (Å²) in [4.78, 5) is 0. The molecule has 5 N–H and O–H groups in total. The molecular formula is C34H26O8. The summed E-state index contributed by atoms with van der Waals surface area (Å²) in [6, 6.07) is 19.4. The maximum absolute atomic E-state index is 11.5. The number of fused-ring (bicyclic) bond motifs is 5. The van der Waals surface area contributed by atoms with Gasteiger partial charge in [-0.25, -0.2) is 0 Å². The number of aromatic hydroxyl groups is 5. The molecule has 0 amide bonds. The molecule has 4 atom stereocenters. The van der Waals surface area contributed by atoms with Gasteiger partial charge in [-0.1, -0.05) is 17.7 Å². The molecule has 1 aliphatic carbocycles. The van der Waals surface area contributed by atoms with Crippen molar-refractivity contribution in [2.45, 2.75) is 31.0 Å². The zero-order valence-electron chi connectivity index (χ0n) is 22.4. The third kappa shape index (κ3) is 3.41. The van der Waals surface area contributed by atoms with E-state index in [-0.39, 0.29) is 40.6 Å². The maximum atomic E-state index is 11.5. The summed E-state index contributed by atoms with van der Waals surface area (Å²) in [5.41, 5.74) is 3.98. The molecule has 2 aliphatic heterocycles. The molecular weight excluding hydrogens is 536 g/mol. The van der Waals surface area contributed by atoms with Crippen LogP contribution in [0.1, 0.15) is 41.9 Å². The highest BCUT2D eigenvalue weighted by Gasteiger charge is 2.61. The smallest absolute Gasteiger partial charge is 0.285 e. The zero-order chi connectivity index (χ0) is 28.9.